The van der Waals surface area contributed by atoms with Gasteiger partial charge in [0.25, 0.3) is 5.69 Å². The minimum absolute atomic E-state index is 0.111. The maximum Gasteiger partial charge on any atom is 0.293 e. The molecule has 0 atom stereocenters. The van der Waals surface area contributed by atoms with Gasteiger partial charge in [-0.05, 0) is 23.8 Å². The first kappa shape index (κ1) is 20.6. The number of para-hydroxylation sites is 1. The number of nitrogens with one attached hydrogen (secondary N) is 1. The molecule has 0 aromatic heterocycles. The number of hydrogen-bond donors (Lipinski definition) is 1. The molecule has 0 bridgehead atoms. The minimum atomic E-state index is -0.312. The van der Waals surface area contributed by atoms with E-state index in [0.29, 0.717) is 11.3 Å². The van der Waals surface area contributed by atoms with E-state index < -0.39 is 0 Å². The van der Waals surface area contributed by atoms with Gasteiger partial charge in [0.2, 0.25) is 0 Å². The summed E-state index contributed by atoms with van der Waals surface area (Å²) >= 11 is 0. The molecule has 1 aliphatic rings. The predicted octanol–water partition coefficient (Wildman–Crippen LogP) is 4.36. The second kappa shape index (κ2) is 9.86. The lowest BCUT2D eigenvalue weighted by Gasteiger charge is -2.35. The molecule has 1 aliphatic heterocycles. The lowest BCUT2D eigenvalue weighted by Crippen LogP contribution is -2.46. The van der Waals surface area contributed by atoms with E-state index in [4.69, 9.17) is 0 Å². The summed E-state index contributed by atoms with van der Waals surface area (Å²) in [6.45, 7) is 4.17. The Morgan fingerprint density at radius 2 is 1.61 bits per heavy atom. The molecule has 3 aromatic carbocycles. The van der Waals surface area contributed by atoms with Crippen LogP contribution >= 0.6 is 0 Å². The third-order valence-electron chi connectivity index (χ3n) is 5.34. The van der Waals surface area contributed by atoms with E-state index in [1.54, 1.807) is 12.3 Å². The van der Waals surface area contributed by atoms with Crippen molar-refractivity contribution in [1.82, 2.24) is 4.90 Å². The van der Waals surface area contributed by atoms with E-state index in [2.05, 4.69) is 44.6 Å². The maximum absolute atomic E-state index is 11.7. The SMILES string of the molecule is O=[N+]([O-])c1cc(C=NNc2ccccc2)ccc1N1CCN(Cc2ccccc2)CC1. The number of nitro groups is 1. The highest BCUT2D eigenvalue weighted by molar-refractivity contribution is 5.83. The number of hydrazone groups is 1. The Morgan fingerprint density at radius 1 is 0.935 bits per heavy atom. The number of nitro benzene ring substituents is 1. The molecule has 1 saturated heterocycles. The van der Waals surface area contributed by atoms with Crippen molar-refractivity contribution in [2.75, 3.05) is 36.5 Å². The van der Waals surface area contributed by atoms with Crippen LogP contribution in [0.2, 0.25) is 0 Å². The summed E-state index contributed by atoms with van der Waals surface area (Å²) in [4.78, 5) is 15.9. The summed E-state index contributed by atoms with van der Waals surface area (Å²) in [5.74, 6) is 0. The van der Waals surface area contributed by atoms with E-state index in [1.165, 1.54) is 5.56 Å². The molecule has 7 nitrogen and oxygen atoms in total. The van der Waals surface area contributed by atoms with Crippen molar-refractivity contribution in [2.24, 2.45) is 5.10 Å². The Kier molecular flexibility index (Phi) is 6.54. The number of anilines is 2. The van der Waals surface area contributed by atoms with Gasteiger partial charge in [0.05, 0.1) is 16.8 Å². The van der Waals surface area contributed by atoms with Crippen LogP contribution in [-0.2, 0) is 6.54 Å². The van der Waals surface area contributed by atoms with Crippen molar-refractivity contribution in [1.29, 1.82) is 0 Å². The highest BCUT2D eigenvalue weighted by Gasteiger charge is 2.24. The van der Waals surface area contributed by atoms with Gasteiger partial charge in [0, 0.05) is 44.4 Å². The average Bonchev–Trinajstić information content (AvgIpc) is 2.81. The maximum atomic E-state index is 11.7. The van der Waals surface area contributed by atoms with Crippen LogP contribution in [-0.4, -0.2) is 42.2 Å². The van der Waals surface area contributed by atoms with Crippen LogP contribution in [0.5, 0.6) is 0 Å². The fourth-order valence-corrected chi connectivity index (χ4v) is 3.72. The first-order valence-electron chi connectivity index (χ1n) is 10.3. The minimum Gasteiger partial charge on any atom is -0.363 e. The standard InChI is InChI=1S/C24H25N5O2/c30-29(31)24-17-21(18-25-26-22-9-5-2-6-10-22)11-12-23(24)28-15-13-27(14-16-28)19-20-7-3-1-4-8-20/h1-12,17-18,26H,13-16,19H2. The Hall–Kier alpha value is -3.71. The van der Waals surface area contributed by atoms with Crippen molar-refractivity contribution in [2.45, 2.75) is 6.54 Å². The molecule has 7 heteroatoms. The van der Waals surface area contributed by atoms with Gasteiger partial charge in [-0.25, -0.2) is 0 Å². The largest absolute Gasteiger partial charge is 0.363 e. The van der Waals surface area contributed by atoms with Crippen molar-refractivity contribution >= 4 is 23.3 Å². The van der Waals surface area contributed by atoms with Crippen LogP contribution in [0.3, 0.4) is 0 Å². The van der Waals surface area contributed by atoms with Crippen LogP contribution in [0.15, 0.2) is 84.0 Å². The highest BCUT2D eigenvalue weighted by Crippen LogP contribution is 2.30. The van der Waals surface area contributed by atoms with Crippen LogP contribution < -0.4 is 10.3 Å². The molecule has 1 fully saturated rings. The molecular formula is C24H25N5O2. The summed E-state index contributed by atoms with van der Waals surface area (Å²) < 4.78 is 0. The van der Waals surface area contributed by atoms with E-state index >= 15 is 0 Å². The van der Waals surface area contributed by atoms with E-state index in [-0.39, 0.29) is 10.6 Å². The zero-order chi connectivity index (χ0) is 21.5. The topological polar surface area (TPSA) is 74.0 Å². The van der Waals surface area contributed by atoms with E-state index in [0.717, 1.165) is 38.4 Å². The molecule has 0 radical (unpaired) electrons. The number of hydrogen-bond acceptors (Lipinski definition) is 6. The first-order valence-corrected chi connectivity index (χ1v) is 10.3. The predicted molar refractivity (Wildman–Crippen MR) is 125 cm³/mol. The lowest BCUT2D eigenvalue weighted by atomic mass is 10.1. The van der Waals surface area contributed by atoms with Crippen LogP contribution in [0.25, 0.3) is 0 Å². The molecule has 158 valence electrons. The van der Waals surface area contributed by atoms with Crippen LogP contribution in [0.4, 0.5) is 17.1 Å². The fourth-order valence-electron chi connectivity index (χ4n) is 3.72. The molecule has 1 heterocycles. The quantitative estimate of drug-likeness (QED) is 0.353. The molecule has 0 unspecified atom stereocenters. The summed E-state index contributed by atoms with van der Waals surface area (Å²) in [7, 11) is 0. The zero-order valence-corrected chi connectivity index (χ0v) is 17.2. The van der Waals surface area contributed by atoms with Gasteiger partial charge in [0.1, 0.15) is 5.69 Å². The summed E-state index contributed by atoms with van der Waals surface area (Å²) in [6.07, 6.45) is 1.60. The van der Waals surface area contributed by atoms with Crippen LogP contribution in [0.1, 0.15) is 11.1 Å². The van der Waals surface area contributed by atoms with Gasteiger partial charge < -0.3 is 4.90 Å². The zero-order valence-electron chi connectivity index (χ0n) is 17.2. The van der Waals surface area contributed by atoms with Gasteiger partial charge in [0.15, 0.2) is 0 Å². The summed E-state index contributed by atoms with van der Waals surface area (Å²) in [5, 5.41) is 15.9. The second-order valence-electron chi connectivity index (χ2n) is 7.49. The molecule has 31 heavy (non-hydrogen) atoms. The third kappa shape index (κ3) is 5.46. The van der Waals surface area contributed by atoms with Gasteiger partial charge in [-0.15, -0.1) is 0 Å². The molecule has 0 saturated carbocycles. The Morgan fingerprint density at radius 3 is 2.29 bits per heavy atom. The van der Waals surface area contributed by atoms with Crippen molar-refractivity contribution in [3.8, 4) is 0 Å². The molecule has 0 amide bonds. The molecule has 3 aromatic rings. The third-order valence-corrected chi connectivity index (χ3v) is 5.34. The van der Waals surface area contributed by atoms with E-state index in [9.17, 15) is 10.1 Å². The Balaban J connectivity index is 1.41. The number of rotatable bonds is 7. The molecular weight excluding hydrogens is 390 g/mol. The molecule has 0 spiro atoms. The molecule has 0 aliphatic carbocycles. The fraction of sp³-hybridized carbons (Fsp3) is 0.208. The van der Waals surface area contributed by atoms with Gasteiger partial charge >= 0.3 is 0 Å². The number of piperazine rings is 1. The lowest BCUT2D eigenvalue weighted by molar-refractivity contribution is -0.384. The summed E-state index contributed by atoms with van der Waals surface area (Å²) in [6, 6.07) is 25.2. The molecule has 4 rings (SSSR count). The summed E-state index contributed by atoms with van der Waals surface area (Å²) in [5.41, 5.74) is 6.53. The normalized spacial score (nSPS) is 14.6. The Bertz CT molecular complexity index is 1030. The molecule has 1 N–H and O–H groups in total. The smallest absolute Gasteiger partial charge is 0.293 e. The van der Waals surface area contributed by atoms with E-state index in [1.807, 2.05) is 48.5 Å². The highest BCUT2D eigenvalue weighted by atomic mass is 16.6. The van der Waals surface area contributed by atoms with Crippen molar-refractivity contribution < 1.29 is 4.92 Å². The van der Waals surface area contributed by atoms with Gasteiger partial charge in [-0.3, -0.25) is 20.4 Å². The Labute approximate surface area is 181 Å². The second-order valence-corrected chi connectivity index (χ2v) is 7.49. The monoisotopic (exact) mass is 415 g/mol. The van der Waals surface area contributed by atoms with Gasteiger partial charge in [-0.2, -0.15) is 5.10 Å². The number of benzene rings is 3. The average molecular weight is 415 g/mol. The number of nitrogens with zero attached hydrogens (tertiary/aromatic N) is 4. The van der Waals surface area contributed by atoms with Crippen LogP contribution in [0, 0.1) is 10.1 Å². The van der Waals surface area contributed by atoms with Crippen molar-refractivity contribution in [3.05, 3.63) is 100 Å². The van der Waals surface area contributed by atoms with Crippen molar-refractivity contribution in [3.63, 3.8) is 0 Å². The van der Waals surface area contributed by atoms with Gasteiger partial charge in [-0.1, -0.05) is 54.6 Å². The first-order chi connectivity index (χ1) is 15.2.